The zero-order valence-electron chi connectivity index (χ0n) is 19.3. The van der Waals surface area contributed by atoms with Crippen LogP contribution in [0.3, 0.4) is 0 Å². The normalized spacial score (nSPS) is 24.4. The maximum atomic E-state index is 13.5. The molecule has 1 amide bonds. The van der Waals surface area contributed by atoms with Crippen molar-refractivity contribution >= 4 is 34.2 Å². The van der Waals surface area contributed by atoms with E-state index < -0.39 is 23.8 Å². The van der Waals surface area contributed by atoms with Crippen LogP contribution in [0.4, 0.5) is 5.00 Å². The van der Waals surface area contributed by atoms with Crippen molar-refractivity contribution in [2.45, 2.75) is 39.5 Å². The molecule has 4 rings (SSSR count). The number of aliphatic carboxylic acids is 1. The summed E-state index contributed by atoms with van der Waals surface area (Å²) in [5.74, 6) is -3.31. The van der Waals surface area contributed by atoms with Crippen LogP contribution < -0.4 is 5.32 Å². The Morgan fingerprint density at radius 1 is 1.09 bits per heavy atom. The van der Waals surface area contributed by atoms with E-state index in [0.717, 1.165) is 34.4 Å². The van der Waals surface area contributed by atoms with Crippen molar-refractivity contribution in [1.29, 1.82) is 0 Å². The summed E-state index contributed by atoms with van der Waals surface area (Å²) in [6.45, 7) is 6.03. The molecule has 5 atom stereocenters. The van der Waals surface area contributed by atoms with E-state index in [1.165, 1.54) is 18.4 Å². The second-order valence-electron chi connectivity index (χ2n) is 9.14. The van der Waals surface area contributed by atoms with E-state index in [-0.39, 0.29) is 23.7 Å². The lowest BCUT2D eigenvalue weighted by Gasteiger charge is -2.26. The molecule has 2 aliphatic carbocycles. The van der Waals surface area contributed by atoms with Gasteiger partial charge in [-0.2, -0.15) is 0 Å². The van der Waals surface area contributed by atoms with Gasteiger partial charge in [-0.25, -0.2) is 4.79 Å². The fourth-order valence-electron chi connectivity index (χ4n) is 5.68. The van der Waals surface area contributed by atoms with Gasteiger partial charge in [-0.05, 0) is 50.2 Å². The zero-order chi connectivity index (χ0) is 23.9. The second-order valence-corrected chi connectivity index (χ2v) is 10.2. The topological polar surface area (TPSA) is 92.7 Å². The molecule has 174 valence electrons. The van der Waals surface area contributed by atoms with Crippen LogP contribution in [0.25, 0.3) is 0 Å². The van der Waals surface area contributed by atoms with Gasteiger partial charge in [-0.3, -0.25) is 9.59 Å². The van der Waals surface area contributed by atoms with E-state index in [1.807, 2.05) is 51.1 Å². The van der Waals surface area contributed by atoms with Crippen LogP contribution in [0.1, 0.15) is 60.3 Å². The minimum absolute atomic E-state index is 0.0248. The number of allylic oxidation sites excluding steroid dienone is 2. The lowest BCUT2D eigenvalue weighted by molar-refractivity contribution is -0.148. The van der Waals surface area contributed by atoms with E-state index in [0.29, 0.717) is 10.6 Å². The Hall–Kier alpha value is -2.93. The number of benzene rings is 1. The van der Waals surface area contributed by atoms with E-state index in [4.69, 9.17) is 4.74 Å². The van der Waals surface area contributed by atoms with Crippen molar-refractivity contribution in [2.75, 3.05) is 12.4 Å². The van der Waals surface area contributed by atoms with Crippen LogP contribution in [-0.2, 0) is 14.3 Å². The van der Waals surface area contributed by atoms with Gasteiger partial charge in [0.25, 0.3) is 0 Å². The summed E-state index contributed by atoms with van der Waals surface area (Å²) in [6.07, 6.45) is 1.62. The molecular weight excluding hydrogens is 438 g/mol. The number of fused-ring (bicyclic) bond motifs is 2. The number of carbonyl (C=O) groups excluding carboxylic acids is 2. The summed E-state index contributed by atoms with van der Waals surface area (Å²) in [5, 5.41) is 13.3. The summed E-state index contributed by atoms with van der Waals surface area (Å²) < 4.78 is 4.95. The molecule has 0 aliphatic heterocycles. The van der Waals surface area contributed by atoms with Gasteiger partial charge in [0.2, 0.25) is 5.91 Å². The molecule has 0 unspecified atom stereocenters. The van der Waals surface area contributed by atoms with Crippen molar-refractivity contribution in [1.82, 2.24) is 0 Å². The highest BCUT2D eigenvalue weighted by atomic mass is 32.1. The third-order valence-electron chi connectivity index (χ3n) is 7.13. The van der Waals surface area contributed by atoms with Crippen LogP contribution in [0.15, 0.2) is 47.5 Å². The van der Waals surface area contributed by atoms with Crippen molar-refractivity contribution in [3.8, 4) is 0 Å². The van der Waals surface area contributed by atoms with Crippen LogP contribution in [0, 0.1) is 23.7 Å². The zero-order valence-corrected chi connectivity index (χ0v) is 20.1. The number of carboxylic acid groups (broad SMARTS) is 1. The Morgan fingerprint density at radius 2 is 1.73 bits per heavy atom. The number of thiophene rings is 1. The largest absolute Gasteiger partial charge is 0.481 e. The maximum absolute atomic E-state index is 13.5. The number of rotatable bonds is 6. The number of methoxy groups -OCH3 is 1. The lowest BCUT2D eigenvalue weighted by Crippen LogP contribution is -2.37. The van der Waals surface area contributed by atoms with Gasteiger partial charge < -0.3 is 15.2 Å². The van der Waals surface area contributed by atoms with Crippen LogP contribution >= 0.6 is 11.3 Å². The highest BCUT2D eigenvalue weighted by Gasteiger charge is 2.57. The Labute approximate surface area is 197 Å². The minimum atomic E-state index is -0.932. The van der Waals surface area contributed by atoms with Gasteiger partial charge in [0.05, 0.1) is 24.5 Å². The van der Waals surface area contributed by atoms with Crippen molar-refractivity contribution in [3.63, 3.8) is 0 Å². The van der Waals surface area contributed by atoms with Crippen molar-refractivity contribution in [3.05, 3.63) is 63.5 Å². The van der Waals surface area contributed by atoms with Crippen LogP contribution in [0.5, 0.6) is 0 Å². The first-order chi connectivity index (χ1) is 15.7. The van der Waals surface area contributed by atoms with Crippen molar-refractivity contribution in [2.24, 2.45) is 23.7 Å². The number of hydrogen-bond acceptors (Lipinski definition) is 5. The number of amides is 1. The molecule has 2 aromatic rings. The van der Waals surface area contributed by atoms with Crippen LogP contribution in [0.2, 0.25) is 0 Å². The lowest BCUT2D eigenvalue weighted by atomic mass is 9.79. The summed E-state index contributed by atoms with van der Waals surface area (Å²) in [4.78, 5) is 39.0. The summed E-state index contributed by atoms with van der Waals surface area (Å²) >= 11 is 1.34. The Bertz CT molecular complexity index is 1110. The molecule has 2 N–H and O–H groups in total. The number of anilines is 1. The number of carbonyl (C=O) groups is 3. The second kappa shape index (κ2) is 9.14. The van der Waals surface area contributed by atoms with Gasteiger partial charge in [0.15, 0.2) is 0 Å². The predicted octanol–water partition coefficient (Wildman–Crippen LogP) is 5.32. The minimum Gasteiger partial charge on any atom is -0.481 e. The standard InChI is InChI=1S/C26H29NO5S/c1-13(2)20-16-10-11-17(20)22(25(29)30)21(16)23(28)27-24-18(26(31)32-4)12-19(33-24)14(3)15-8-6-5-7-9-15/h5-9,12,14,16-17,21-22H,10-11H2,1-4H3,(H,27,28)(H,29,30)/t14-,16+,17+,21-,22+/m1/s1. The van der Waals surface area contributed by atoms with Gasteiger partial charge in [0.1, 0.15) is 5.00 Å². The van der Waals surface area contributed by atoms with Crippen molar-refractivity contribution < 1.29 is 24.2 Å². The molecule has 2 fully saturated rings. The smallest absolute Gasteiger partial charge is 0.340 e. The molecule has 0 spiro atoms. The molecule has 2 aliphatic rings. The van der Waals surface area contributed by atoms with Gasteiger partial charge in [-0.15, -0.1) is 11.3 Å². The van der Waals surface area contributed by atoms with Gasteiger partial charge in [0, 0.05) is 10.8 Å². The first-order valence-corrected chi connectivity index (χ1v) is 12.0. The molecule has 1 heterocycles. The van der Waals surface area contributed by atoms with Gasteiger partial charge >= 0.3 is 11.9 Å². The summed E-state index contributed by atoms with van der Waals surface area (Å²) in [5.41, 5.74) is 3.63. The first kappa shape index (κ1) is 23.2. The molecule has 0 saturated heterocycles. The molecule has 6 nitrogen and oxygen atoms in total. The molecule has 0 radical (unpaired) electrons. The first-order valence-electron chi connectivity index (χ1n) is 11.2. The Kier molecular flexibility index (Phi) is 6.43. The van der Waals surface area contributed by atoms with Gasteiger partial charge in [-0.1, -0.05) is 48.4 Å². The van der Waals surface area contributed by atoms with E-state index in [2.05, 4.69) is 5.32 Å². The molecule has 7 heteroatoms. The number of hydrogen-bond donors (Lipinski definition) is 2. The van der Waals surface area contributed by atoms with E-state index >= 15 is 0 Å². The third kappa shape index (κ3) is 4.10. The maximum Gasteiger partial charge on any atom is 0.340 e. The fraction of sp³-hybridized carbons (Fsp3) is 0.423. The number of carboxylic acids is 1. The van der Waals surface area contributed by atoms with E-state index in [9.17, 15) is 19.5 Å². The van der Waals surface area contributed by atoms with E-state index in [1.54, 1.807) is 6.07 Å². The highest BCUT2D eigenvalue weighted by molar-refractivity contribution is 7.16. The summed E-state index contributed by atoms with van der Waals surface area (Å²) in [6, 6.07) is 11.7. The molecule has 2 bridgehead atoms. The molecule has 33 heavy (non-hydrogen) atoms. The van der Waals surface area contributed by atoms with Crippen LogP contribution in [-0.4, -0.2) is 30.1 Å². The fourth-order valence-corrected chi connectivity index (χ4v) is 6.81. The number of ether oxygens (including phenoxy) is 1. The SMILES string of the molecule is COC(=O)c1cc([C@H](C)c2ccccc2)sc1NC(=O)[C@H]1[C@@H](C(=O)O)[C@H]2CC[C@H]1C2=C(C)C. The monoisotopic (exact) mass is 467 g/mol. The Morgan fingerprint density at radius 3 is 2.30 bits per heavy atom. The molecular formula is C26H29NO5S. The average molecular weight is 468 g/mol. The third-order valence-corrected chi connectivity index (χ3v) is 8.36. The average Bonchev–Trinajstić information content (AvgIpc) is 3.50. The molecule has 1 aromatic heterocycles. The summed E-state index contributed by atoms with van der Waals surface area (Å²) in [7, 11) is 1.31. The molecule has 1 aromatic carbocycles. The number of esters is 1. The number of nitrogens with one attached hydrogen (secondary N) is 1. The predicted molar refractivity (Wildman–Crippen MR) is 127 cm³/mol. The quantitative estimate of drug-likeness (QED) is 0.443. The molecule has 2 saturated carbocycles. The highest BCUT2D eigenvalue weighted by Crippen LogP contribution is 2.57. The Balaban J connectivity index is 1.66.